The van der Waals surface area contributed by atoms with Gasteiger partial charge in [-0.05, 0) is 62.2 Å². The third-order valence-corrected chi connectivity index (χ3v) is 3.89. The van der Waals surface area contributed by atoms with E-state index in [1.807, 2.05) is 26.0 Å². The smallest absolute Gasteiger partial charge is 0.338 e. The summed E-state index contributed by atoms with van der Waals surface area (Å²) >= 11 is 0. The molecule has 7 nitrogen and oxygen atoms in total. The molecule has 3 aromatic rings. The molecule has 3 rings (SSSR count). The van der Waals surface area contributed by atoms with Crippen LogP contribution in [0.1, 0.15) is 28.4 Å². The van der Waals surface area contributed by atoms with E-state index in [1.165, 1.54) is 6.33 Å². The summed E-state index contributed by atoms with van der Waals surface area (Å²) in [7, 11) is 0. The summed E-state index contributed by atoms with van der Waals surface area (Å²) in [4.78, 5) is 20.2. The minimum atomic E-state index is -0.388. The van der Waals surface area contributed by atoms with Gasteiger partial charge in [-0.3, -0.25) is 0 Å². The number of carbonyl (C=O) groups excluding carboxylic acids is 1. The van der Waals surface area contributed by atoms with Crippen molar-refractivity contribution in [3.05, 3.63) is 65.5 Å². The van der Waals surface area contributed by atoms with Crippen LogP contribution in [0.4, 0.5) is 17.2 Å². The minimum Gasteiger partial charge on any atom is -0.462 e. The maximum atomic E-state index is 11.9. The van der Waals surface area contributed by atoms with Crippen molar-refractivity contribution in [2.75, 3.05) is 17.7 Å². The second-order valence-corrected chi connectivity index (χ2v) is 6.29. The summed E-state index contributed by atoms with van der Waals surface area (Å²) < 4.78 is 10.9. The van der Waals surface area contributed by atoms with Crippen LogP contribution in [0, 0.1) is 13.8 Å². The maximum Gasteiger partial charge on any atom is 0.338 e. The monoisotopic (exact) mass is 378 g/mol. The van der Waals surface area contributed by atoms with Gasteiger partial charge < -0.3 is 20.5 Å². The molecule has 1 heterocycles. The normalized spacial score (nSPS) is 10.4. The first-order chi connectivity index (χ1) is 13.5. The summed E-state index contributed by atoms with van der Waals surface area (Å²) in [5.74, 6) is 0.901. The highest BCUT2D eigenvalue weighted by Gasteiger charge is 2.12. The van der Waals surface area contributed by atoms with E-state index in [1.54, 1.807) is 31.2 Å². The van der Waals surface area contributed by atoms with Gasteiger partial charge in [0.15, 0.2) is 5.82 Å². The molecule has 0 aliphatic rings. The van der Waals surface area contributed by atoms with Gasteiger partial charge >= 0.3 is 5.97 Å². The van der Waals surface area contributed by atoms with Crippen molar-refractivity contribution in [2.24, 2.45) is 0 Å². The SMILES string of the molecule is CCOC(=O)c1cccc(Nc2ncnc(Oc3cc(C)cc(C)c3)c2N)c1. The lowest BCUT2D eigenvalue weighted by Gasteiger charge is -2.13. The molecular weight excluding hydrogens is 356 g/mol. The number of benzene rings is 2. The molecule has 0 saturated carbocycles. The lowest BCUT2D eigenvalue weighted by molar-refractivity contribution is 0.0526. The van der Waals surface area contributed by atoms with Gasteiger partial charge in [0.2, 0.25) is 5.88 Å². The number of aryl methyl sites for hydroxylation is 2. The lowest BCUT2D eigenvalue weighted by Crippen LogP contribution is -2.06. The molecule has 0 bridgehead atoms. The molecule has 0 saturated heterocycles. The van der Waals surface area contributed by atoms with Crippen LogP contribution in [0.5, 0.6) is 11.6 Å². The zero-order chi connectivity index (χ0) is 20.1. The first kappa shape index (κ1) is 19.2. The Morgan fingerprint density at radius 2 is 1.86 bits per heavy atom. The van der Waals surface area contributed by atoms with Crippen LogP contribution >= 0.6 is 0 Å². The van der Waals surface area contributed by atoms with Crippen molar-refractivity contribution in [3.63, 3.8) is 0 Å². The van der Waals surface area contributed by atoms with Crippen molar-refractivity contribution < 1.29 is 14.3 Å². The van der Waals surface area contributed by atoms with Crippen molar-refractivity contribution in [1.82, 2.24) is 9.97 Å². The minimum absolute atomic E-state index is 0.254. The summed E-state index contributed by atoms with van der Waals surface area (Å²) in [5.41, 5.74) is 9.71. The molecule has 0 unspecified atom stereocenters. The molecule has 3 N–H and O–H groups in total. The Hall–Kier alpha value is -3.61. The molecule has 0 fully saturated rings. The second kappa shape index (κ2) is 8.39. The topological polar surface area (TPSA) is 99.4 Å². The fourth-order valence-corrected chi connectivity index (χ4v) is 2.74. The van der Waals surface area contributed by atoms with Gasteiger partial charge in [0.05, 0.1) is 12.2 Å². The Kier molecular flexibility index (Phi) is 5.74. The largest absolute Gasteiger partial charge is 0.462 e. The van der Waals surface area contributed by atoms with Crippen molar-refractivity contribution in [3.8, 4) is 11.6 Å². The number of hydrogen-bond acceptors (Lipinski definition) is 7. The van der Waals surface area contributed by atoms with E-state index in [0.29, 0.717) is 29.4 Å². The van der Waals surface area contributed by atoms with Gasteiger partial charge in [-0.15, -0.1) is 0 Å². The van der Waals surface area contributed by atoms with E-state index in [-0.39, 0.29) is 17.5 Å². The van der Waals surface area contributed by atoms with Crippen molar-refractivity contribution >= 4 is 23.2 Å². The Bertz CT molecular complexity index is 984. The molecule has 0 aliphatic heterocycles. The summed E-state index contributed by atoms with van der Waals surface area (Å²) in [6.45, 7) is 6.06. The van der Waals surface area contributed by atoms with E-state index in [4.69, 9.17) is 15.2 Å². The Morgan fingerprint density at radius 1 is 1.11 bits per heavy atom. The highest BCUT2D eigenvalue weighted by Crippen LogP contribution is 2.31. The second-order valence-electron chi connectivity index (χ2n) is 6.29. The molecular formula is C21H22N4O3. The summed E-state index contributed by atoms with van der Waals surface area (Å²) in [6.07, 6.45) is 1.37. The quantitative estimate of drug-likeness (QED) is 0.614. The first-order valence-electron chi connectivity index (χ1n) is 8.87. The molecule has 144 valence electrons. The van der Waals surface area contributed by atoms with E-state index in [9.17, 15) is 4.79 Å². The zero-order valence-corrected chi connectivity index (χ0v) is 16.0. The number of aromatic nitrogens is 2. The first-order valence-corrected chi connectivity index (χ1v) is 8.87. The highest BCUT2D eigenvalue weighted by molar-refractivity contribution is 5.91. The number of ether oxygens (including phenoxy) is 2. The Morgan fingerprint density at radius 3 is 2.57 bits per heavy atom. The molecule has 28 heavy (non-hydrogen) atoms. The predicted octanol–water partition coefficient (Wildman–Crippen LogP) is 4.39. The molecule has 2 aromatic carbocycles. The van der Waals surface area contributed by atoms with Crippen LogP contribution in [0.2, 0.25) is 0 Å². The fraction of sp³-hybridized carbons (Fsp3) is 0.190. The average Bonchev–Trinajstić information content (AvgIpc) is 2.65. The Balaban J connectivity index is 1.83. The number of nitrogens with zero attached hydrogens (tertiary/aromatic N) is 2. The molecule has 0 atom stereocenters. The third-order valence-electron chi connectivity index (χ3n) is 3.89. The average molecular weight is 378 g/mol. The van der Waals surface area contributed by atoms with Crippen molar-refractivity contribution in [2.45, 2.75) is 20.8 Å². The van der Waals surface area contributed by atoms with Gasteiger partial charge in [0, 0.05) is 5.69 Å². The van der Waals surface area contributed by atoms with Gasteiger partial charge in [-0.25, -0.2) is 9.78 Å². The number of carbonyl (C=O) groups is 1. The fourth-order valence-electron chi connectivity index (χ4n) is 2.74. The highest BCUT2D eigenvalue weighted by atomic mass is 16.5. The van der Waals surface area contributed by atoms with Gasteiger partial charge in [0.1, 0.15) is 17.8 Å². The van der Waals surface area contributed by atoms with Crippen LogP contribution in [0.25, 0.3) is 0 Å². The summed E-state index contributed by atoms with van der Waals surface area (Å²) in [5, 5.41) is 3.09. The maximum absolute atomic E-state index is 11.9. The van der Waals surface area contributed by atoms with E-state index in [2.05, 4.69) is 21.4 Å². The number of anilines is 3. The number of nitrogens with two attached hydrogens (primary N) is 1. The molecule has 0 aliphatic carbocycles. The number of hydrogen-bond donors (Lipinski definition) is 2. The molecule has 7 heteroatoms. The van der Waals surface area contributed by atoms with Crippen LogP contribution in [-0.4, -0.2) is 22.5 Å². The van der Waals surface area contributed by atoms with Crippen molar-refractivity contribution in [1.29, 1.82) is 0 Å². The number of nitrogen functional groups attached to an aromatic ring is 1. The zero-order valence-electron chi connectivity index (χ0n) is 16.0. The van der Waals surface area contributed by atoms with E-state index in [0.717, 1.165) is 11.1 Å². The number of nitrogens with one attached hydrogen (secondary N) is 1. The number of esters is 1. The lowest BCUT2D eigenvalue weighted by atomic mass is 10.1. The van der Waals surface area contributed by atoms with E-state index >= 15 is 0 Å². The standard InChI is InChI=1S/C21H22N4O3/c1-4-27-21(26)15-6-5-7-16(11-15)25-19-18(22)20(24-12-23-19)28-17-9-13(2)8-14(3)10-17/h5-12H,4,22H2,1-3H3,(H,23,24,25). The third kappa shape index (κ3) is 4.56. The van der Waals surface area contributed by atoms with Gasteiger partial charge in [0.25, 0.3) is 0 Å². The van der Waals surface area contributed by atoms with Crippen LogP contribution < -0.4 is 15.8 Å². The van der Waals surface area contributed by atoms with Gasteiger partial charge in [-0.2, -0.15) is 4.98 Å². The van der Waals surface area contributed by atoms with Crippen LogP contribution in [0.15, 0.2) is 48.8 Å². The number of rotatable bonds is 6. The van der Waals surface area contributed by atoms with Crippen LogP contribution in [-0.2, 0) is 4.74 Å². The Labute approximate surface area is 163 Å². The predicted molar refractivity (Wildman–Crippen MR) is 108 cm³/mol. The molecule has 0 amide bonds. The molecule has 1 aromatic heterocycles. The van der Waals surface area contributed by atoms with Gasteiger partial charge in [-0.1, -0.05) is 12.1 Å². The molecule has 0 spiro atoms. The molecule has 0 radical (unpaired) electrons. The van der Waals surface area contributed by atoms with Crippen LogP contribution in [0.3, 0.4) is 0 Å². The summed E-state index contributed by atoms with van der Waals surface area (Å²) in [6, 6.07) is 12.8. The van der Waals surface area contributed by atoms with E-state index < -0.39 is 0 Å².